The highest BCUT2D eigenvalue weighted by Gasteiger charge is 2.34. The summed E-state index contributed by atoms with van der Waals surface area (Å²) in [7, 11) is -2.96. The van der Waals surface area contributed by atoms with Gasteiger partial charge in [0.25, 0.3) is 0 Å². The molecule has 25 heavy (non-hydrogen) atoms. The van der Waals surface area contributed by atoms with E-state index in [0.717, 1.165) is 19.0 Å². The first kappa shape index (κ1) is 20.2. The van der Waals surface area contributed by atoms with Gasteiger partial charge in [0.05, 0.1) is 12.3 Å². The summed E-state index contributed by atoms with van der Waals surface area (Å²) in [4.78, 5) is 6.25. The molecule has 0 aliphatic heterocycles. The fraction of sp³-hybridized carbons (Fsp3) is 0.722. The Bertz CT molecular complexity index is 633. The summed E-state index contributed by atoms with van der Waals surface area (Å²) < 4.78 is 23.3. The number of nitrogens with zero attached hydrogens (tertiary/aromatic N) is 1. The van der Waals surface area contributed by atoms with Gasteiger partial charge in [-0.15, -0.1) is 11.3 Å². The third kappa shape index (κ3) is 5.99. The molecule has 2 N–H and O–H groups in total. The fourth-order valence-electron chi connectivity index (χ4n) is 3.33. The minimum absolute atomic E-state index is 0.143. The van der Waals surface area contributed by atoms with E-state index in [-0.39, 0.29) is 16.9 Å². The number of aliphatic imine (C=N–C) groups is 1. The zero-order chi connectivity index (χ0) is 18.2. The molecule has 0 atom stereocenters. The quantitative estimate of drug-likeness (QED) is 0.533. The number of hydrogen-bond donors (Lipinski definition) is 2. The lowest BCUT2D eigenvalue weighted by Gasteiger charge is -2.35. The van der Waals surface area contributed by atoms with E-state index >= 15 is 0 Å². The standard InChI is InChI=1S/C18H31N3O2S2/c1-3-19-17(20-12-14-25(22,23)4-2)21-15-18(10-6-5-7-11-18)16-9-8-13-24-16/h8-9,13H,3-7,10-12,14-15H2,1-2H3,(H2,19,20,21). The highest BCUT2D eigenvalue weighted by atomic mass is 32.2. The van der Waals surface area contributed by atoms with Gasteiger partial charge in [-0.05, 0) is 31.2 Å². The summed E-state index contributed by atoms with van der Waals surface area (Å²) in [6, 6.07) is 4.36. The van der Waals surface area contributed by atoms with Crippen molar-refractivity contribution >= 4 is 27.1 Å². The molecule has 0 spiro atoms. The summed E-state index contributed by atoms with van der Waals surface area (Å²) in [5.41, 5.74) is 0.143. The predicted octanol–water partition coefficient (Wildman–Crippen LogP) is 2.94. The van der Waals surface area contributed by atoms with Crippen LogP contribution in [0.4, 0.5) is 0 Å². The Morgan fingerprint density at radius 2 is 2.00 bits per heavy atom. The number of rotatable bonds is 8. The third-order valence-corrected chi connectivity index (χ3v) is 7.71. The molecule has 1 aliphatic carbocycles. The van der Waals surface area contributed by atoms with Gasteiger partial charge in [0, 0.05) is 29.1 Å². The van der Waals surface area contributed by atoms with E-state index in [0.29, 0.717) is 6.54 Å². The molecule has 0 bridgehead atoms. The van der Waals surface area contributed by atoms with Crippen molar-refractivity contribution in [2.75, 3.05) is 31.1 Å². The van der Waals surface area contributed by atoms with Crippen LogP contribution >= 0.6 is 11.3 Å². The molecule has 2 rings (SSSR count). The van der Waals surface area contributed by atoms with Crippen LogP contribution in [0.1, 0.15) is 50.8 Å². The van der Waals surface area contributed by atoms with E-state index < -0.39 is 9.84 Å². The van der Waals surface area contributed by atoms with Crippen LogP contribution in [0.5, 0.6) is 0 Å². The molecule has 1 saturated carbocycles. The molecule has 1 aromatic heterocycles. The first-order valence-electron chi connectivity index (χ1n) is 9.28. The molecule has 0 aromatic carbocycles. The van der Waals surface area contributed by atoms with Crippen molar-refractivity contribution in [1.29, 1.82) is 0 Å². The maximum atomic E-state index is 11.7. The van der Waals surface area contributed by atoms with Crippen LogP contribution in [0.3, 0.4) is 0 Å². The van der Waals surface area contributed by atoms with Gasteiger partial charge in [0.15, 0.2) is 15.8 Å². The molecule has 5 nitrogen and oxygen atoms in total. The fourth-order valence-corrected chi connectivity index (χ4v) is 5.01. The lowest BCUT2D eigenvalue weighted by Crippen LogP contribution is -2.41. The van der Waals surface area contributed by atoms with Crippen LogP contribution < -0.4 is 10.6 Å². The highest BCUT2D eigenvalue weighted by molar-refractivity contribution is 7.91. The van der Waals surface area contributed by atoms with Crippen LogP contribution in [0, 0.1) is 0 Å². The summed E-state index contributed by atoms with van der Waals surface area (Å²) >= 11 is 1.83. The maximum Gasteiger partial charge on any atom is 0.191 e. The summed E-state index contributed by atoms with van der Waals surface area (Å²) in [5.74, 6) is 1.05. The molecule has 142 valence electrons. The van der Waals surface area contributed by atoms with Crippen LogP contribution in [-0.2, 0) is 15.3 Å². The second-order valence-corrected chi connectivity index (χ2v) is 10.1. The molecule has 1 aliphatic rings. The Balaban J connectivity index is 2.04. The summed E-state index contributed by atoms with van der Waals surface area (Å²) in [6.07, 6.45) is 6.18. The second kappa shape index (κ2) is 9.57. The molecule has 0 radical (unpaired) electrons. The molecule has 1 heterocycles. The molecule has 0 unspecified atom stereocenters. The summed E-state index contributed by atoms with van der Waals surface area (Å²) in [5, 5.41) is 8.56. The van der Waals surface area contributed by atoms with E-state index in [1.807, 2.05) is 18.3 Å². The van der Waals surface area contributed by atoms with Crippen molar-refractivity contribution in [2.45, 2.75) is 51.4 Å². The Morgan fingerprint density at radius 3 is 2.60 bits per heavy atom. The smallest absolute Gasteiger partial charge is 0.191 e. The SMILES string of the molecule is CCNC(=NCC1(c2cccs2)CCCCC1)NCCS(=O)(=O)CC. The number of hydrogen-bond acceptors (Lipinski definition) is 4. The largest absolute Gasteiger partial charge is 0.357 e. The predicted molar refractivity (Wildman–Crippen MR) is 107 cm³/mol. The number of thiophene rings is 1. The maximum absolute atomic E-state index is 11.7. The minimum atomic E-state index is -2.96. The second-order valence-electron chi connectivity index (χ2n) is 6.68. The van der Waals surface area contributed by atoms with Gasteiger partial charge in [-0.25, -0.2) is 8.42 Å². The number of nitrogens with one attached hydrogen (secondary N) is 2. The zero-order valence-electron chi connectivity index (χ0n) is 15.4. The van der Waals surface area contributed by atoms with Crippen LogP contribution in [-0.4, -0.2) is 45.5 Å². The Hall–Kier alpha value is -1.08. The lowest BCUT2D eigenvalue weighted by atomic mass is 9.73. The normalized spacial score (nSPS) is 18.1. The van der Waals surface area contributed by atoms with E-state index in [1.54, 1.807) is 6.92 Å². The van der Waals surface area contributed by atoms with Gasteiger partial charge >= 0.3 is 0 Å². The molecule has 7 heteroatoms. The Morgan fingerprint density at radius 1 is 1.24 bits per heavy atom. The average molecular weight is 386 g/mol. The van der Waals surface area contributed by atoms with E-state index in [2.05, 4.69) is 28.1 Å². The molecular formula is C18H31N3O2S2. The Kier molecular flexibility index (Phi) is 7.75. The van der Waals surface area contributed by atoms with Crippen LogP contribution in [0.2, 0.25) is 0 Å². The average Bonchev–Trinajstić information content (AvgIpc) is 3.16. The van der Waals surface area contributed by atoms with Gasteiger partial charge in [0.2, 0.25) is 0 Å². The van der Waals surface area contributed by atoms with Gasteiger partial charge in [-0.1, -0.05) is 32.3 Å². The summed E-state index contributed by atoms with van der Waals surface area (Å²) in [6.45, 7) is 5.62. The van der Waals surface area contributed by atoms with Crippen molar-refractivity contribution in [3.8, 4) is 0 Å². The van der Waals surface area contributed by atoms with Crippen molar-refractivity contribution in [1.82, 2.24) is 10.6 Å². The molecule has 0 saturated heterocycles. The van der Waals surface area contributed by atoms with Crippen LogP contribution in [0.25, 0.3) is 0 Å². The molecule has 1 fully saturated rings. The van der Waals surface area contributed by atoms with Gasteiger partial charge in [0.1, 0.15) is 0 Å². The first-order valence-corrected chi connectivity index (χ1v) is 12.0. The van der Waals surface area contributed by atoms with Crippen molar-refractivity contribution < 1.29 is 8.42 Å². The topological polar surface area (TPSA) is 70.6 Å². The van der Waals surface area contributed by atoms with Gasteiger partial charge in [-0.2, -0.15) is 0 Å². The molecule has 1 aromatic rings. The van der Waals surface area contributed by atoms with Crippen molar-refractivity contribution in [2.24, 2.45) is 4.99 Å². The minimum Gasteiger partial charge on any atom is -0.357 e. The van der Waals surface area contributed by atoms with Gasteiger partial charge < -0.3 is 10.6 Å². The van der Waals surface area contributed by atoms with Gasteiger partial charge in [-0.3, -0.25) is 4.99 Å². The zero-order valence-corrected chi connectivity index (χ0v) is 17.0. The van der Waals surface area contributed by atoms with Crippen molar-refractivity contribution in [3.63, 3.8) is 0 Å². The lowest BCUT2D eigenvalue weighted by molar-refractivity contribution is 0.306. The van der Waals surface area contributed by atoms with Crippen molar-refractivity contribution in [3.05, 3.63) is 22.4 Å². The first-order chi connectivity index (χ1) is 12.0. The van der Waals surface area contributed by atoms with E-state index in [4.69, 9.17) is 4.99 Å². The molecular weight excluding hydrogens is 354 g/mol. The highest BCUT2D eigenvalue weighted by Crippen LogP contribution is 2.41. The monoisotopic (exact) mass is 385 g/mol. The van der Waals surface area contributed by atoms with E-state index in [9.17, 15) is 8.42 Å². The number of sulfone groups is 1. The Labute approximate surface area is 156 Å². The molecule has 0 amide bonds. The van der Waals surface area contributed by atoms with E-state index in [1.165, 1.54) is 37.0 Å². The number of guanidine groups is 1. The third-order valence-electron chi connectivity index (χ3n) is 4.88. The van der Waals surface area contributed by atoms with Crippen LogP contribution in [0.15, 0.2) is 22.5 Å².